The van der Waals surface area contributed by atoms with E-state index >= 15 is 0 Å². The monoisotopic (exact) mass is 377 g/mol. The first kappa shape index (κ1) is 16.7. The molecule has 23 heavy (non-hydrogen) atoms. The highest BCUT2D eigenvalue weighted by atomic mass is 79.9. The topological polar surface area (TPSA) is 89.7 Å². The number of carboxylic acid groups (broad SMARTS) is 1. The lowest BCUT2D eigenvalue weighted by molar-refractivity contribution is -0.384. The van der Waals surface area contributed by atoms with E-state index < -0.39 is 10.9 Å². The molecule has 0 amide bonds. The van der Waals surface area contributed by atoms with Gasteiger partial charge in [0.25, 0.3) is 5.69 Å². The molecule has 2 aromatic rings. The van der Waals surface area contributed by atoms with Gasteiger partial charge >= 0.3 is 5.97 Å². The number of hydrogen-bond acceptors (Lipinski definition) is 4. The van der Waals surface area contributed by atoms with Gasteiger partial charge in [-0.05, 0) is 29.8 Å². The molecule has 118 valence electrons. The maximum atomic E-state index is 10.8. The van der Waals surface area contributed by atoms with Gasteiger partial charge < -0.3 is 9.84 Å². The summed E-state index contributed by atoms with van der Waals surface area (Å²) in [5.41, 5.74) is 1.23. The average molecular weight is 378 g/mol. The molecule has 6 nitrogen and oxygen atoms in total. The second-order valence-electron chi connectivity index (χ2n) is 4.57. The fourth-order valence-corrected chi connectivity index (χ4v) is 2.24. The normalized spacial score (nSPS) is 10.7. The Labute approximate surface area is 140 Å². The summed E-state index contributed by atoms with van der Waals surface area (Å²) in [7, 11) is 0. The van der Waals surface area contributed by atoms with Crippen LogP contribution >= 0.6 is 15.9 Å². The summed E-state index contributed by atoms with van der Waals surface area (Å²) in [4.78, 5) is 20.9. The number of carboxylic acids is 1. The number of hydrogen-bond donors (Lipinski definition) is 1. The van der Waals surface area contributed by atoms with Crippen molar-refractivity contribution in [3.63, 3.8) is 0 Å². The minimum atomic E-state index is -1.06. The molecule has 0 aliphatic rings. The first-order valence-electron chi connectivity index (χ1n) is 6.52. The van der Waals surface area contributed by atoms with Crippen molar-refractivity contribution in [2.45, 2.75) is 6.61 Å². The van der Waals surface area contributed by atoms with Gasteiger partial charge in [-0.3, -0.25) is 10.1 Å². The molecule has 7 heteroatoms. The van der Waals surface area contributed by atoms with Crippen molar-refractivity contribution in [3.8, 4) is 5.75 Å². The Morgan fingerprint density at radius 2 is 2.09 bits per heavy atom. The molecular formula is C16H12BrNO5. The minimum Gasteiger partial charge on any atom is -0.488 e. The summed E-state index contributed by atoms with van der Waals surface area (Å²) in [6.45, 7) is 0.136. The zero-order chi connectivity index (χ0) is 16.8. The molecular weight excluding hydrogens is 366 g/mol. The molecule has 0 heterocycles. The van der Waals surface area contributed by atoms with Gasteiger partial charge in [0.2, 0.25) is 0 Å². The summed E-state index contributed by atoms with van der Waals surface area (Å²) in [5, 5.41) is 19.5. The molecule has 0 saturated heterocycles. The van der Waals surface area contributed by atoms with Crippen LogP contribution in [0, 0.1) is 10.1 Å². The van der Waals surface area contributed by atoms with E-state index in [0.29, 0.717) is 16.9 Å². The summed E-state index contributed by atoms with van der Waals surface area (Å²) >= 11 is 3.31. The molecule has 0 aliphatic heterocycles. The van der Waals surface area contributed by atoms with E-state index in [4.69, 9.17) is 9.84 Å². The van der Waals surface area contributed by atoms with Gasteiger partial charge in [0, 0.05) is 28.2 Å². The third-order valence-corrected chi connectivity index (χ3v) is 3.39. The molecule has 0 spiro atoms. The van der Waals surface area contributed by atoms with Crippen molar-refractivity contribution in [1.82, 2.24) is 0 Å². The van der Waals surface area contributed by atoms with Gasteiger partial charge in [-0.15, -0.1) is 0 Å². The molecule has 2 aromatic carbocycles. The second-order valence-corrected chi connectivity index (χ2v) is 5.49. The Bertz CT molecular complexity index is 773. The fraction of sp³-hybridized carbons (Fsp3) is 0.0625. The highest BCUT2D eigenvalue weighted by Gasteiger charge is 2.07. The van der Waals surface area contributed by atoms with E-state index in [1.807, 2.05) is 0 Å². The Morgan fingerprint density at radius 1 is 1.30 bits per heavy atom. The number of nitro benzene ring substituents is 1. The van der Waals surface area contributed by atoms with Crippen LogP contribution in [0.2, 0.25) is 0 Å². The Kier molecular flexibility index (Phi) is 5.48. The van der Waals surface area contributed by atoms with Gasteiger partial charge in [-0.1, -0.05) is 28.1 Å². The molecule has 0 atom stereocenters. The molecule has 0 fully saturated rings. The lowest BCUT2D eigenvalue weighted by Gasteiger charge is -2.10. The van der Waals surface area contributed by atoms with Gasteiger partial charge in [0.1, 0.15) is 12.4 Å². The lowest BCUT2D eigenvalue weighted by Crippen LogP contribution is -1.98. The van der Waals surface area contributed by atoms with E-state index in [2.05, 4.69) is 15.9 Å². The number of rotatable bonds is 6. The molecule has 0 unspecified atom stereocenters. The van der Waals surface area contributed by atoms with Crippen molar-refractivity contribution in [2.75, 3.05) is 0 Å². The molecule has 0 radical (unpaired) electrons. The summed E-state index contributed by atoms with van der Waals surface area (Å²) < 4.78 is 6.44. The van der Waals surface area contributed by atoms with Gasteiger partial charge in [0.05, 0.1) is 4.92 Å². The van der Waals surface area contributed by atoms with E-state index in [-0.39, 0.29) is 12.3 Å². The zero-order valence-electron chi connectivity index (χ0n) is 11.8. The number of carbonyl (C=O) groups is 1. The van der Waals surface area contributed by atoms with Crippen LogP contribution in [-0.2, 0) is 11.4 Å². The SMILES string of the molecule is O=C(O)C=Cc1cc(Br)ccc1OCc1cccc([N+](=O)[O-])c1. The molecule has 0 saturated carbocycles. The molecule has 0 bridgehead atoms. The number of nitrogens with zero attached hydrogens (tertiary/aromatic N) is 1. The number of nitro groups is 1. The van der Waals surface area contributed by atoms with Crippen LogP contribution in [0.5, 0.6) is 5.75 Å². The first-order chi connectivity index (χ1) is 11.0. The van der Waals surface area contributed by atoms with Crippen molar-refractivity contribution >= 4 is 33.7 Å². The van der Waals surface area contributed by atoms with E-state index in [9.17, 15) is 14.9 Å². The molecule has 1 N–H and O–H groups in total. The van der Waals surface area contributed by atoms with Crippen molar-refractivity contribution in [3.05, 3.63) is 74.3 Å². The predicted octanol–water partition coefficient (Wildman–Crippen LogP) is 4.03. The smallest absolute Gasteiger partial charge is 0.328 e. The van der Waals surface area contributed by atoms with Crippen LogP contribution in [0.3, 0.4) is 0 Å². The minimum absolute atomic E-state index is 0.00657. The molecule has 2 rings (SSSR count). The van der Waals surface area contributed by atoms with Crippen LogP contribution in [0.1, 0.15) is 11.1 Å². The van der Waals surface area contributed by atoms with Crippen molar-refractivity contribution in [1.29, 1.82) is 0 Å². The highest BCUT2D eigenvalue weighted by Crippen LogP contribution is 2.26. The first-order valence-corrected chi connectivity index (χ1v) is 7.31. The van der Waals surface area contributed by atoms with Gasteiger partial charge in [0.15, 0.2) is 0 Å². The van der Waals surface area contributed by atoms with Crippen LogP contribution in [0.15, 0.2) is 53.0 Å². The Hall–Kier alpha value is -2.67. The van der Waals surface area contributed by atoms with E-state index in [1.165, 1.54) is 18.2 Å². The largest absolute Gasteiger partial charge is 0.488 e. The van der Waals surface area contributed by atoms with Crippen LogP contribution in [0.25, 0.3) is 6.08 Å². The third kappa shape index (κ3) is 4.93. The van der Waals surface area contributed by atoms with Crippen LogP contribution in [-0.4, -0.2) is 16.0 Å². The number of ether oxygens (including phenoxy) is 1. The van der Waals surface area contributed by atoms with Crippen LogP contribution in [0.4, 0.5) is 5.69 Å². The maximum absolute atomic E-state index is 10.8. The van der Waals surface area contributed by atoms with E-state index in [0.717, 1.165) is 10.5 Å². The summed E-state index contributed by atoms with van der Waals surface area (Å²) in [5.74, 6) is -0.577. The predicted molar refractivity (Wildman–Crippen MR) is 88.2 cm³/mol. The fourth-order valence-electron chi connectivity index (χ4n) is 1.86. The average Bonchev–Trinajstić information content (AvgIpc) is 2.52. The summed E-state index contributed by atoms with van der Waals surface area (Å²) in [6.07, 6.45) is 2.44. The number of benzene rings is 2. The maximum Gasteiger partial charge on any atom is 0.328 e. The number of non-ortho nitro benzene ring substituents is 1. The second kappa shape index (κ2) is 7.55. The van der Waals surface area contributed by atoms with Crippen molar-refractivity contribution < 1.29 is 19.6 Å². The van der Waals surface area contributed by atoms with E-state index in [1.54, 1.807) is 30.3 Å². The summed E-state index contributed by atoms with van der Waals surface area (Å²) in [6, 6.07) is 11.3. The highest BCUT2D eigenvalue weighted by molar-refractivity contribution is 9.10. The lowest BCUT2D eigenvalue weighted by atomic mass is 10.2. The van der Waals surface area contributed by atoms with Gasteiger partial charge in [-0.2, -0.15) is 0 Å². The standard InChI is InChI=1S/C16H12BrNO5/c17-13-5-6-15(12(9-13)4-7-16(19)20)23-10-11-2-1-3-14(8-11)18(21)22/h1-9H,10H2,(H,19,20). The quantitative estimate of drug-likeness (QED) is 0.466. The third-order valence-electron chi connectivity index (χ3n) is 2.89. The zero-order valence-corrected chi connectivity index (χ0v) is 13.4. The Morgan fingerprint density at radius 3 is 2.78 bits per heavy atom. The Balaban J connectivity index is 2.18. The molecule has 0 aromatic heterocycles. The van der Waals surface area contributed by atoms with Gasteiger partial charge in [-0.25, -0.2) is 4.79 Å². The number of halogens is 1. The molecule has 0 aliphatic carbocycles. The van der Waals surface area contributed by atoms with Crippen molar-refractivity contribution in [2.24, 2.45) is 0 Å². The van der Waals surface area contributed by atoms with Crippen LogP contribution < -0.4 is 4.74 Å². The number of aliphatic carboxylic acids is 1.